The zero-order valence-electron chi connectivity index (χ0n) is 14.9. The first kappa shape index (κ1) is 19.3. The summed E-state index contributed by atoms with van der Waals surface area (Å²) in [6, 6.07) is 7.67. The van der Waals surface area contributed by atoms with E-state index in [-0.39, 0.29) is 12.1 Å². The first-order valence-electron chi connectivity index (χ1n) is 8.66. The number of benzene rings is 1. The van der Waals surface area contributed by atoms with Crippen LogP contribution in [-0.4, -0.2) is 18.7 Å². The monoisotopic (exact) mass is 318 g/mol. The molecule has 0 aliphatic rings. The predicted molar refractivity (Wildman–Crippen MR) is 95.5 cm³/mol. The van der Waals surface area contributed by atoms with Crippen LogP contribution in [0.25, 0.3) is 6.08 Å². The van der Waals surface area contributed by atoms with Crippen molar-refractivity contribution in [3.63, 3.8) is 0 Å². The molecule has 0 radical (unpaired) electrons. The Bertz CT molecular complexity index is 474. The molecule has 0 N–H and O–H groups in total. The SMILES string of the molecule is CCCCC(CC)COC(=O)/C=C/c1ccc(OC(C)C)cc1. The number of carbonyl (C=O) groups excluding carboxylic acids is 1. The lowest BCUT2D eigenvalue weighted by Gasteiger charge is -2.13. The molecule has 0 heterocycles. The van der Waals surface area contributed by atoms with Crippen LogP contribution in [-0.2, 0) is 9.53 Å². The lowest BCUT2D eigenvalue weighted by molar-refractivity contribution is -0.139. The minimum atomic E-state index is -0.276. The Morgan fingerprint density at radius 1 is 1.17 bits per heavy atom. The maximum atomic E-state index is 11.8. The van der Waals surface area contributed by atoms with Crippen molar-refractivity contribution in [3.05, 3.63) is 35.9 Å². The highest BCUT2D eigenvalue weighted by Gasteiger charge is 2.08. The fraction of sp³-hybridized carbons (Fsp3) is 0.550. The number of ether oxygens (including phenoxy) is 2. The Hall–Kier alpha value is -1.77. The summed E-state index contributed by atoms with van der Waals surface area (Å²) in [5.41, 5.74) is 0.955. The number of hydrogen-bond donors (Lipinski definition) is 0. The number of rotatable bonds is 10. The Balaban J connectivity index is 2.42. The van der Waals surface area contributed by atoms with Crippen LogP contribution in [0.3, 0.4) is 0 Å². The molecule has 0 aliphatic heterocycles. The van der Waals surface area contributed by atoms with Crippen LogP contribution in [0.2, 0.25) is 0 Å². The molecule has 3 nitrogen and oxygen atoms in total. The predicted octanol–water partition coefficient (Wildman–Crippen LogP) is 5.25. The molecule has 23 heavy (non-hydrogen) atoms. The molecule has 0 amide bonds. The van der Waals surface area contributed by atoms with E-state index < -0.39 is 0 Å². The fourth-order valence-corrected chi connectivity index (χ4v) is 2.24. The second-order valence-electron chi connectivity index (χ2n) is 6.12. The molecule has 1 aromatic carbocycles. The molecule has 0 fully saturated rings. The highest BCUT2D eigenvalue weighted by Crippen LogP contribution is 2.15. The van der Waals surface area contributed by atoms with Crippen molar-refractivity contribution in [1.29, 1.82) is 0 Å². The molecular formula is C20H30O3. The molecule has 128 valence electrons. The van der Waals surface area contributed by atoms with Gasteiger partial charge in [0, 0.05) is 6.08 Å². The average Bonchev–Trinajstić information content (AvgIpc) is 2.54. The molecule has 1 aromatic rings. The second-order valence-corrected chi connectivity index (χ2v) is 6.12. The van der Waals surface area contributed by atoms with Crippen molar-refractivity contribution in [2.75, 3.05) is 6.61 Å². The Kier molecular flexibility index (Phi) is 9.11. The normalized spacial score (nSPS) is 12.6. The third kappa shape index (κ3) is 8.44. The van der Waals surface area contributed by atoms with Crippen LogP contribution in [0.4, 0.5) is 0 Å². The van der Waals surface area contributed by atoms with Crippen LogP contribution in [0.15, 0.2) is 30.3 Å². The zero-order chi connectivity index (χ0) is 17.1. The largest absolute Gasteiger partial charge is 0.491 e. The second kappa shape index (κ2) is 10.9. The standard InChI is InChI=1S/C20H30O3/c1-5-7-8-17(6-2)15-22-20(21)14-11-18-9-12-19(13-10-18)23-16(3)4/h9-14,16-17H,5-8,15H2,1-4H3/b14-11+. The third-order valence-corrected chi connectivity index (χ3v) is 3.67. The van der Waals surface area contributed by atoms with Gasteiger partial charge >= 0.3 is 5.97 Å². The summed E-state index contributed by atoms with van der Waals surface area (Å²) in [6.45, 7) is 8.83. The van der Waals surface area contributed by atoms with Gasteiger partial charge in [-0.3, -0.25) is 0 Å². The average molecular weight is 318 g/mol. The molecule has 0 saturated heterocycles. The summed E-state index contributed by atoms with van der Waals surface area (Å²) in [5.74, 6) is 1.03. The van der Waals surface area contributed by atoms with Crippen molar-refractivity contribution in [2.24, 2.45) is 5.92 Å². The molecule has 1 unspecified atom stereocenters. The van der Waals surface area contributed by atoms with E-state index in [0.29, 0.717) is 12.5 Å². The highest BCUT2D eigenvalue weighted by atomic mass is 16.5. The van der Waals surface area contributed by atoms with E-state index in [1.165, 1.54) is 18.9 Å². The van der Waals surface area contributed by atoms with E-state index in [0.717, 1.165) is 24.2 Å². The van der Waals surface area contributed by atoms with E-state index in [2.05, 4.69) is 13.8 Å². The van der Waals surface area contributed by atoms with Crippen LogP contribution < -0.4 is 4.74 Å². The van der Waals surface area contributed by atoms with Crippen molar-refractivity contribution >= 4 is 12.0 Å². The maximum Gasteiger partial charge on any atom is 0.330 e. The van der Waals surface area contributed by atoms with E-state index in [1.54, 1.807) is 6.08 Å². The molecule has 1 atom stereocenters. The Labute approximate surface area is 140 Å². The zero-order valence-corrected chi connectivity index (χ0v) is 14.9. The van der Waals surface area contributed by atoms with Gasteiger partial charge in [0.05, 0.1) is 12.7 Å². The van der Waals surface area contributed by atoms with Crippen molar-refractivity contribution in [2.45, 2.75) is 59.5 Å². The molecule has 0 bridgehead atoms. The van der Waals surface area contributed by atoms with Gasteiger partial charge < -0.3 is 9.47 Å². The summed E-state index contributed by atoms with van der Waals surface area (Å²) in [5, 5.41) is 0. The van der Waals surface area contributed by atoms with Gasteiger partial charge in [-0.05, 0) is 50.0 Å². The lowest BCUT2D eigenvalue weighted by atomic mass is 10.0. The summed E-state index contributed by atoms with van der Waals surface area (Å²) < 4.78 is 10.9. The summed E-state index contributed by atoms with van der Waals surface area (Å²) in [4.78, 5) is 11.8. The van der Waals surface area contributed by atoms with Crippen LogP contribution in [0, 0.1) is 5.92 Å². The molecule has 3 heteroatoms. The number of carbonyl (C=O) groups is 1. The molecule has 0 aromatic heterocycles. The number of unbranched alkanes of at least 4 members (excludes halogenated alkanes) is 1. The summed E-state index contributed by atoms with van der Waals surface area (Å²) in [6.07, 6.45) is 7.97. The van der Waals surface area contributed by atoms with Gasteiger partial charge in [0.2, 0.25) is 0 Å². The molecule has 0 aliphatic carbocycles. The molecule has 0 saturated carbocycles. The maximum absolute atomic E-state index is 11.8. The van der Waals surface area contributed by atoms with Crippen LogP contribution in [0.1, 0.15) is 58.9 Å². The van der Waals surface area contributed by atoms with Crippen molar-refractivity contribution in [3.8, 4) is 5.75 Å². The first-order chi connectivity index (χ1) is 11.0. The van der Waals surface area contributed by atoms with E-state index >= 15 is 0 Å². The Morgan fingerprint density at radius 3 is 2.43 bits per heavy atom. The van der Waals surface area contributed by atoms with Gasteiger partial charge in [0.15, 0.2) is 0 Å². The lowest BCUT2D eigenvalue weighted by Crippen LogP contribution is -2.12. The van der Waals surface area contributed by atoms with E-state index in [1.807, 2.05) is 38.1 Å². The summed E-state index contributed by atoms with van der Waals surface area (Å²) >= 11 is 0. The molecule has 0 spiro atoms. The number of hydrogen-bond acceptors (Lipinski definition) is 3. The quantitative estimate of drug-likeness (QED) is 0.437. The smallest absolute Gasteiger partial charge is 0.330 e. The fourth-order valence-electron chi connectivity index (χ4n) is 2.24. The number of esters is 1. The summed E-state index contributed by atoms with van der Waals surface area (Å²) in [7, 11) is 0. The molecular weight excluding hydrogens is 288 g/mol. The van der Waals surface area contributed by atoms with Gasteiger partial charge in [0.25, 0.3) is 0 Å². The molecule has 1 rings (SSSR count). The van der Waals surface area contributed by atoms with Crippen LogP contribution >= 0.6 is 0 Å². The minimum Gasteiger partial charge on any atom is -0.491 e. The van der Waals surface area contributed by atoms with Crippen LogP contribution in [0.5, 0.6) is 5.75 Å². The Morgan fingerprint density at radius 2 is 1.87 bits per heavy atom. The first-order valence-corrected chi connectivity index (χ1v) is 8.66. The van der Waals surface area contributed by atoms with Crippen molar-refractivity contribution in [1.82, 2.24) is 0 Å². The van der Waals surface area contributed by atoms with Crippen molar-refractivity contribution < 1.29 is 14.3 Å². The highest BCUT2D eigenvalue weighted by molar-refractivity contribution is 5.87. The van der Waals surface area contributed by atoms with E-state index in [9.17, 15) is 4.79 Å². The minimum absolute atomic E-state index is 0.158. The van der Waals surface area contributed by atoms with Gasteiger partial charge in [-0.1, -0.05) is 45.2 Å². The van der Waals surface area contributed by atoms with Gasteiger partial charge in [-0.2, -0.15) is 0 Å². The third-order valence-electron chi connectivity index (χ3n) is 3.67. The van der Waals surface area contributed by atoms with Gasteiger partial charge in [-0.15, -0.1) is 0 Å². The van der Waals surface area contributed by atoms with Gasteiger partial charge in [-0.25, -0.2) is 4.79 Å². The van der Waals surface area contributed by atoms with Gasteiger partial charge in [0.1, 0.15) is 5.75 Å². The topological polar surface area (TPSA) is 35.5 Å². The van der Waals surface area contributed by atoms with E-state index in [4.69, 9.17) is 9.47 Å².